The van der Waals surface area contributed by atoms with Crippen LogP contribution < -0.4 is 5.32 Å². The normalized spacial score (nSPS) is 21.9. The fraction of sp³-hybridized carbons (Fsp3) is 0.533. The minimum atomic E-state index is -0.874. The van der Waals surface area contributed by atoms with Crippen molar-refractivity contribution in [2.24, 2.45) is 5.41 Å². The van der Waals surface area contributed by atoms with Gasteiger partial charge in [0.25, 0.3) is 0 Å². The lowest BCUT2D eigenvalue weighted by atomic mass is 9.87. The number of thioether (sulfide) groups is 1. The van der Waals surface area contributed by atoms with Crippen molar-refractivity contribution in [1.82, 2.24) is 0 Å². The molecule has 104 valence electrons. The highest BCUT2D eigenvalue weighted by atomic mass is 32.2. The first-order chi connectivity index (χ1) is 8.87. The number of hydrogen-bond donors (Lipinski definition) is 2. The first-order valence-corrected chi connectivity index (χ1v) is 7.71. The van der Waals surface area contributed by atoms with Crippen LogP contribution in [-0.2, 0) is 0 Å². The average Bonchev–Trinajstić information content (AvgIpc) is 2.30. The molecule has 0 radical (unpaired) electrons. The van der Waals surface area contributed by atoms with E-state index in [0.29, 0.717) is 17.0 Å². The van der Waals surface area contributed by atoms with E-state index in [1.165, 1.54) is 5.75 Å². The Balaban J connectivity index is 2.14. The van der Waals surface area contributed by atoms with Gasteiger partial charge in [-0.25, -0.2) is 4.79 Å². The summed E-state index contributed by atoms with van der Waals surface area (Å²) in [4.78, 5) is 11.0. The van der Waals surface area contributed by atoms with E-state index in [2.05, 4.69) is 19.2 Å². The predicted octanol–water partition coefficient (Wildman–Crippen LogP) is 3.64. The number of nitrogens with one attached hydrogen (secondary N) is 1. The smallest absolute Gasteiger partial charge is 0.335 e. The molecular weight excluding hydrogens is 258 g/mol. The number of benzene rings is 1. The van der Waals surface area contributed by atoms with Crippen molar-refractivity contribution in [2.75, 3.05) is 16.8 Å². The van der Waals surface area contributed by atoms with Gasteiger partial charge in [0.15, 0.2) is 0 Å². The van der Waals surface area contributed by atoms with E-state index < -0.39 is 5.97 Å². The summed E-state index contributed by atoms with van der Waals surface area (Å²) in [5, 5.41) is 12.6. The number of hydrogen-bond acceptors (Lipinski definition) is 3. The molecule has 1 aliphatic rings. The van der Waals surface area contributed by atoms with Crippen LogP contribution >= 0.6 is 11.8 Å². The summed E-state index contributed by atoms with van der Waals surface area (Å²) >= 11 is 1.97. The second-order valence-electron chi connectivity index (χ2n) is 6.06. The van der Waals surface area contributed by atoms with Gasteiger partial charge in [-0.05, 0) is 42.2 Å². The lowest BCUT2D eigenvalue weighted by Gasteiger charge is -2.35. The number of carbonyl (C=O) groups is 1. The molecular formula is C15H21NO2S. The van der Waals surface area contributed by atoms with E-state index >= 15 is 0 Å². The van der Waals surface area contributed by atoms with Gasteiger partial charge in [0.1, 0.15) is 0 Å². The SMILES string of the molecule is Cc1ccc(C(=O)O)cc1NC1CSCC(C)(C)C1. The first-order valence-electron chi connectivity index (χ1n) is 6.56. The van der Waals surface area contributed by atoms with Crippen molar-refractivity contribution < 1.29 is 9.90 Å². The number of rotatable bonds is 3. The van der Waals surface area contributed by atoms with Gasteiger partial charge in [0, 0.05) is 17.5 Å². The van der Waals surface area contributed by atoms with E-state index in [1.54, 1.807) is 12.1 Å². The fourth-order valence-corrected chi connectivity index (χ4v) is 3.76. The Labute approximate surface area is 118 Å². The summed E-state index contributed by atoms with van der Waals surface area (Å²) in [5.41, 5.74) is 2.73. The van der Waals surface area contributed by atoms with Crippen LogP contribution in [-0.4, -0.2) is 28.6 Å². The monoisotopic (exact) mass is 279 g/mol. The number of anilines is 1. The molecule has 1 atom stereocenters. The van der Waals surface area contributed by atoms with Gasteiger partial charge >= 0.3 is 5.97 Å². The highest BCUT2D eigenvalue weighted by molar-refractivity contribution is 7.99. The van der Waals surface area contributed by atoms with Crippen LogP contribution in [0, 0.1) is 12.3 Å². The molecule has 4 heteroatoms. The Morgan fingerprint density at radius 3 is 2.84 bits per heavy atom. The van der Waals surface area contributed by atoms with Gasteiger partial charge in [-0.2, -0.15) is 11.8 Å². The maximum atomic E-state index is 11.0. The van der Waals surface area contributed by atoms with Gasteiger partial charge in [-0.1, -0.05) is 19.9 Å². The number of aromatic carboxylic acids is 1. The van der Waals surface area contributed by atoms with Gasteiger partial charge in [0.05, 0.1) is 5.56 Å². The molecule has 0 saturated carbocycles. The van der Waals surface area contributed by atoms with Crippen molar-refractivity contribution in [3.8, 4) is 0 Å². The van der Waals surface area contributed by atoms with Crippen LogP contribution in [0.2, 0.25) is 0 Å². The Kier molecular flexibility index (Phi) is 4.09. The minimum Gasteiger partial charge on any atom is -0.478 e. The molecule has 19 heavy (non-hydrogen) atoms. The third-order valence-corrected chi connectivity index (χ3v) is 5.08. The third kappa shape index (κ3) is 3.66. The standard InChI is InChI=1S/C15H21NO2S/c1-10-4-5-11(14(17)18)6-13(10)16-12-7-15(2,3)9-19-8-12/h4-6,12,16H,7-9H2,1-3H3,(H,17,18). The summed E-state index contributed by atoms with van der Waals surface area (Å²) in [5.74, 6) is 1.40. The highest BCUT2D eigenvalue weighted by Crippen LogP contribution is 2.35. The maximum absolute atomic E-state index is 11.0. The van der Waals surface area contributed by atoms with Crippen LogP contribution in [0.5, 0.6) is 0 Å². The summed E-state index contributed by atoms with van der Waals surface area (Å²) in [7, 11) is 0. The van der Waals surface area contributed by atoms with Crippen molar-refractivity contribution in [2.45, 2.75) is 33.2 Å². The predicted molar refractivity (Wildman–Crippen MR) is 81.3 cm³/mol. The van der Waals surface area contributed by atoms with Crippen LogP contribution in [0.3, 0.4) is 0 Å². The van der Waals surface area contributed by atoms with Crippen LogP contribution in [0.4, 0.5) is 5.69 Å². The van der Waals surface area contributed by atoms with Gasteiger partial charge in [0.2, 0.25) is 0 Å². The zero-order valence-electron chi connectivity index (χ0n) is 11.7. The van der Waals surface area contributed by atoms with E-state index in [-0.39, 0.29) is 0 Å². The molecule has 1 fully saturated rings. The van der Waals surface area contributed by atoms with Gasteiger partial charge in [-0.3, -0.25) is 0 Å². The summed E-state index contributed by atoms with van der Waals surface area (Å²) in [6.07, 6.45) is 1.12. The lowest BCUT2D eigenvalue weighted by Crippen LogP contribution is -2.35. The zero-order chi connectivity index (χ0) is 14.0. The zero-order valence-corrected chi connectivity index (χ0v) is 12.5. The number of carboxylic acids is 1. The molecule has 0 bridgehead atoms. The Morgan fingerprint density at radius 2 is 2.21 bits per heavy atom. The van der Waals surface area contributed by atoms with Gasteiger partial charge in [-0.15, -0.1) is 0 Å². The second kappa shape index (κ2) is 5.45. The average molecular weight is 279 g/mol. The van der Waals surface area contributed by atoms with Crippen LogP contribution in [0.25, 0.3) is 0 Å². The molecule has 0 spiro atoms. The highest BCUT2D eigenvalue weighted by Gasteiger charge is 2.28. The molecule has 0 aromatic heterocycles. The molecule has 2 N–H and O–H groups in total. The van der Waals surface area contributed by atoms with E-state index in [4.69, 9.17) is 5.11 Å². The van der Waals surface area contributed by atoms with E-state index in [0.717, 1.165) is 23.4 Å². The van der Waals surface area contributed by atoms with Crippen molar-refractivity contribution >= 4 is 23.4 Å². The first kappa shape index (κ1) is 14.3. The van der Waals surface area contributed by atoms with E-state index in [1.807, 2.05) is 24.8 Å². The number of carboxylic acid groups (broad SMARTS) is 1. The molecule has 0 amide bonds. The third-order valence-electron chi connectivity index (χ3n) is 3.45. The molecule has 1 aromatic carbocycles. The summed E-state index contributed by atoms with van der Waals surface area (Å²) in [6, 6.07) is 5.68. The second-order valence-corrected chi connectivity index (χ2v) is 7.09. The Morgan fingerprint density at radius 1 is 1.47 bits per heavy atom. The summed E-state index contributed by atoms with van der Waals surface area (Å²) < 4.78 is 0. The maximum Gasteiger partial charge on any atom is 0.335 e. The van der Waals surface area contributed by atoms with Crippen molar-refractivity contribution in [3.63, 3.8) is 0 Å². The fourth-order valence-electron chi connectivity index (χ4n) is 2.49. The molecule has 3 nitrogen and oxygen atoms in total. The van der Waals surface area contributed by atoms with Crippen molar-refractivity contribution in [1.29, 1.82) is 0 Å². The van der Waals surface area contributed by atoms with E-state index in [9.17, 15) is 4.79 Å². The molecule has 1 heterocycles. The van der Waals surface area contributed by atoms with Gasteiger partial charge < -0.3 is 10.4 Å². The topological polar surface area (TPSA) is 49.3 Å². The lowest BCUT2D eigenvalue weighted by molar-refractivity contribution is 0.0697. The molecule has 0 aliphatic carbocycles. The Hall–Kier alpha value is -1.16. The molecule has 1 aliphatic heterocycles. The number of aryl methyl sites for hydroxylation is 1. The molecule has 1 unspecified atom stereocenters. The van der Waals surface area contributed by atoms with Crippen molar-refractivity contribution in [3.05, 3.63) is 29.3 Å². The largest absolute Gasteiger partial charge is 0.478 e. The molecule has 1 aromatic rings. The Bertz CT molecular complexity index is 485. The quantitative estimate of drug-likeness (QED) is 0.887. The minimum absolute atomic E-state index is 0.343. The summed E-state index contributed by atoms with van der Waals surface area (Å²) in [6.45, 7) is 6.58. The molecule has 1 saturated heterocycles. The van der Waals surface area contributed by atoms with Crippen LogP contribution in [0.1, 0.15) is 36.2 Å². The molecule has 2 rings (SSSR count). The van der Waals surface area contributed by atoms with Crippen LogP contribution in [0.15, 0.2) is 18.2 Å².